The Balaban J connectivity index is 2.21. The highest BCUT2D eigenvalue weighted by Gasteiger charge is 2.35. The van der Waals surface area contributed by atoms with Crippen LogP contribution in [0.25, 0.3) is 0 Å². The number of fused-ring (bicyclic) bond motifs is 1. The van der Waals surface area contributed by atoms with Crippen molar-refractivity contribution in [1.29, 1.82) is 0 Å². The molecule has 0 aromatic carbocycles. The van der Waals surface area contributed by atoms with E-state index in [2.05, 4.69) is 13.0 Å². The zero-order valence-corrected chi connectivity index (χ0v) is 8.32. The van der Waals surface area contributed by atoms with Crippen molar-refractivity contribution in [2.24, 2.45) is 5.92 Å². The first-order valence-corrected chi connectivity index (χ1v) is 5.12. The van der Waals surface area contributed by atoms with Crippen LogP contribution in [0.5, 0.6) is 0 Å². The number of allylic oxidation sites excluding steroid dienone is 5. The van der Waals surface area contributed by atoms with Gasteiger partial charge in [-0.2, -0.15) is 0 Å². The molecule has 0 aromatic heterocycles. The van der Waals surface area contributed by atoms with Crippen molar-refractivity contribution in [2.45, 2.75) is 26.2 Å². The van der Waals surface area contributed by atoms with Crippen molar-refractivity contribution < 1.29 is 9.53 Å². The second-order valence-electron chi connectivity index (χ2n) is 3.62. The molecule has 1 unspecified atom stereocenters. The molecule has 0 bridgehead atoms. The number of carbonyl (C=O) groups is 1. The fourth-order valence-electron chi connectivity index (χ4n) is 1.82. The number of carbonyl (C=O) groups excluding carboxylic acids is 1. The van der Waals surface area contributed by atoms with Crippen LogP contribution in [0, 0.1) is 5.92 Å². The molecule has 2 rings (SSSR count). The Labute approximate surface area is 83.9 Å². The molecule has 0 radical (unpaired) electrons. The maximum Gasteiger partial charge on any atom is 0.339 e. The third kappa shape index (κ3) is 1.52. The van der Waals surface area contributed by atoms with Crippen LogP contribution in [0.2, 0.25) is 0 Å². The van der Waals surface area contributed by atoms with E-state index in [0.717, 1.165) is 30.6 Å². The van der Waals surface area contributed by atoms with Crippen molar-refractivity contribution in [2.75, 3.05) is 0 Å². The highest BCUT2D eigenvalue weighted by Crippen LogP contribution is 2.36. The lowest BCUT2D eigenvalue weighted by Gasteiger charge is -2.09. The first-order valence-electron chi connectivity index (χ1n) is 5.12. The number of ether oxygens (including phenoxy) is 1. The van der Waals surface area contributed by atoms with Gasteiger partial charge in [-0.1, -0.05) is 31.6 Å². The number of hydrogen-bond acceptors (Lipinski definition) is 2. The Morgan fingerprint density at radius 3 is 3.29 bits per heavy atom. The van der Waals surface area contributed by atoms with Gasteiger partial charge in [-0.15, -0.1) is 0 Å². The normalized spacial score (nSPS) is 27.5. The molecule has 2 aliphatic rings. The molecule has 0 amide bonds. The Morgan fingerprint density at radius 1 is 1.64 bits per heavy atom. The first-order chi connectivity index (χ1) is 6.83. The highest BCUT2D eigenvalue weighted by atomic mass is 16.5. The Hall–Kier alpha value is -1.31. The monoisotopic (exact) mass is 190 g/mol. The van der Waals surface area contributed by atoms with Gasteiger partial charge in [0.25, 0.3) is 0 Å². The molecule has 2 heteroatoms. The van der Waals surface area contributed by atoms with Crippen molar-refractivity contribution in [3.63, 3.8) is 0 Å². The molecule has 1 heterocycles. The average Bonchev–Trinajstić information content (AvgIpc) is 2.54. The molecule has 0 N–H and O–H groups in total. The summed E-state index contributed by atoms with van der Waals surface area (Å²) in [6.07, 6.45) is 10.9. The molecule has 0 aromatic rings. The van der Waals surface area contributed by atoms with Gasteiger partial charge in [-0.3, -0.25) is 0 Å². The summed E-state index contributed by atoms with van der Waals surface area (Å²) in [6.45, 7) is 2.12. The molecule has 74 valence electrons. The van der Waals surface area contributed by atoms with E-state index in [0.29, 0.717) is 0 Å². The fraction of sp³-hybridized carbons (Fsp3) is 0.417. The molecule has 1 atom stereocenters. The minimum absolute atomic E-state index is 0.165. The SMILES string of the molecule is CCC/C=C1\OC(=O)C2=CC=CCC21. The van der Waals surface area contributed by atoms with Crippen molar-refractivity contribution in [3.05, 3.63) is 35.6 Å². The molecule has 0 spiro atoms. The Bertz CT molecular complexity index is 334. The van der Waals surface area contributed by atoms with E-state index in [1.54, 1.807) is 0 Å². The molecular weight excluding hydrogens is 176 g/mol. The van der Waals surface area contributed by atoms with Gasteiger partial charge < -0.3 is 4.74 Å². The van der Waals surface area contributed by atoms with Gasteiger partial charge in [0.05, 0.1) is 5.92 Å². The predicted octanol–water partition coefficient (Wildman–Crippen LogP) is 2.73. The smallest absolute Gasteiger partial charge is 0.339 e. The van der Waals surface area contributed by atoms with Crippen LogP contribution < -0.4 is 0 Å². The van der Waals surface area contributed by atoms with Gasteiger partial charge in [0.15, 0.2) is 0 Å². The first kappa shape index (κ1) is 9.25. The van der Waals surface area contributed by atoms with E-state index in [-0.39, 0.29) is 11.9 Å². The van der Waals surface area contributed by atoms with Crippen molar-refractivity contribution in [1.82, 2.24) is 0 Å². The number of hydrogen-bond donors (Lipinski definition) is 0. The summed E-state index contributed by atoms with van der Waals surface area (Å²) in [7, 11) is 0. The van der Waals surface area contributed by atoms with Crippen LogP contribution in [0.4, 0.5) is 0 Å². The summed E-state index contributed by atoms with van der Waals surface area (Å²) in [4.78, 5) is 11.4. The molecule has 0 saturated carbocycles. The zero-order valence-electron chi connectivity index (χ0n) is 8.32. The van der Waals surface area contributed by atoms with E-state index in [9.17, 15) is 4.79 Å². The Kier molecular flexibility index (Phi) is 2.53. The summed E-state index contributed by atoms with van der Waals surface area (Å²) in [5.41, 5.74) is 0.815. The van der Waals surface area contributed by atoms with Crippen LogP contribution >= 0.6 is 0 Å². The number of esters is 1. The summed E-state index contributed by atoms with van der Waals surface area (Å²) in [6, 6.07) is 0. The van der Waals surface area contributed by atoms with E-state index in [1.807, 2.05) is 18.2 Å². The molecule has 1 fully saturated rings. The molecule has 14 heavy (non-hydrogen) atoms. The van der Waals surface area contributed by atoms with E-state index in [4.69, 9.17) is 4.74 Å². The maximum absolute atomic E-state index is 11.4. The summed E-state index contributed by atoms with van der Waals surface area (Å²) in [5.74, 6) is 0.883. The predicted molar refractivity (Wildman–Crippen MR) is 54.4 cm³/mol. The van der Waals surface area contributed by atoms with E-state index < -0.39 is 0 Å². The standard InChI is InChI=1S/C12H14O2/c1-2-3-8-11-9-6-4-5-7-10(9)12(13)14-11/h4-5,7-9H,2-3,6H2,1H3/b11-8-. The van der Waals surface area contributed by atoms with Gasteiger partial charge in [-0.05, 0) is 18.9 Å². The lowest BCUT2D eigenvalue weighted by Crippen LogP contribution is -2.03. The maximum atomic E-state index is 11.4. The van der Waals surface area contributed by atoms with E-state index in [1.165, 1.54) is 0 Å². The second-order valence-corrected chi connectivity index (χ2v) is 3.62. The minimum atomic E-state index is -0.165. The molecule has 1 saturated heterocycles. The second kappa shape index (κ2) is 3.82. The van der Waals surface area contributed by atoms with Crippen molar-refractivity contribution >= 4 is 5.97 Å². The fourth-order valence-corrected chi connectivity index (χ4v) is 1.82. The third-order valence-electron chi connectivity index (χ3n) is 2.58. The van der Waals surface area contributed by atoms with Crippen LogP contribution in [-0.4, -0.2) is 5.97 Å². The van der Waals surface area contributed by atoms with Gasteiger partial charge in [-0.25, -0.2) is 4.79 Å². The minimum Gasteiger partial charge on any atom is -0.427 e. The molecular formula is C12H14O2. The van der Waals surface area contributed by atoms with Crippen LogP contribution in [0.3, 0.4) is 0 Å². The van der Waals surface area contributed by atoms with Gasteiger partial charge in [0.2, 0.25) is 0 Å². The summed E-state index contributed by atoms with van der Waals surface area (Å²) < 4.78 is 5.22. The molecule has 1 aliphatic heterocycles. The molecule has 2 nitrogen and oxygen atoms in total. The topological polar surface area (TPSA) is 26.3 Å². The van der Waals surface area contributed by atoms with Gasteiger partial charge in [0.1, 0.15) is 5.76 Å². The third-order valence-corrected chi connectivity index (χ3v) is 2.58. The quantitative estimate of drug-likeness (QED) is 0.626. The van der Waals surface area contributed by atoms with Gasteiger partial charge in [0, 0.05) is 5.57 Å². The number of cyclic esters (lactones) is 1. The van der Waals surface area contributed by atoms with Crippen molar-refractivity contribution in [3.8, 4) is 0 Å². The summed E-state index contributed by atoms with van der Waals surface area (Å²) >= 11 is 0. The summed E-state index contributed by atoms with van der Waals surface area (Å²) in [5, 5.41) is 0. The lowest BCUT2D eigenvalue weighted by atomic mass is 9.91. The molecule has 1 aliphatic carbocycles. The Morgan fingerprint density at radius 2 is 2.50 bits per heavy atom. The highest BCUT2D eigenvalue weighted by molar-refractivity contribution is 5.94. The van der Waals surface area contributed by atoms with Crippen LogP contribution in [-0.2, 0) is 9.53 Å². The lowest BCUT2D eigenvalue weighted by molar-refractivity contribution is -0.132. The largest absolute Gasteiger partial charge is 0.427 e. The van der Waals surface area contributed by atoms with Crippen LogP contribution in [0.1, 0.15) is 26.2 Å². The average molecular weight is 190 g/mol. The number of unbranched alkanes of at least 4 members (excludes halogenated alkanes) is 1. The zero-order chi connectivity index (χ0) is 9.97. The van der Waals surface area contributed by atoms with Gasteiger partial charge >= 0.3 is 5.97 Å². The number of rotatable bonds is 2. The van der Waals surface area contributed by atoms with Crippen LogP contribution in [0.15, 0.2) is 35.6 Å². The van der Waals surface area contributed by atoms with E-state index >= 15 is 0 Å².